The fourth-order valence-corrected chi connectivity index (χ4v) is 2.42. The number of Topliss-reactive ketones (excluding diaryl/α,β-unsaturated/α-hetero) is 1. The van der Waals surface area contributed by atoms with Crippen LogP contribution >= 0.6 is 28.2 Å². The number of carbonyl (C=O) groups is 1. The maximum atomic E-state index is 10.8. The van der Waals surface area contributed by atoms with Gasteiger partial charge in [0.1, 0.15) is 5.78 Å². The van der Waals surface area contributed by atoms with Crippen molar-refractivity contribution in [2.24, 2.45) is 0 Å². The first kappa shape index (κ1) is 13.8. The smallest absolute Gasteiger partial charge is 0.144 e. The van der Waals surface area contributed by atoms with Crippen molar-refractivity contribution in [3.63, 3.8) is 0 Å². The largest absolute Gasteiger partial charge is 0.299 e. The third-order valence-electron chi connectivity index (χ3n) is 1.19. The predicted octanol–water partition coefficient (Wildman–Crippen LogP) is 0.396. The van der Waals surface area contributed by atoms with Crippen LogP contribution in [0.4, 0.5) is 0 Å². The monoisotopic (exact) mass is 241 g/mol. The van der Waals surface area contributed by atoms with E-state index < -0.39 is 0 Å². The fourth-order valence-electron chi connectivity index (χ4n) is 0.901. The zero-order chi connectivity index (χ0) is 10.4. The van der Waals surface area contributed by atoms with Crippen LogP contribution in [0.25, 0.3) is 0 Å². The normalized spacial score (nSPS) is 11.7. The Labute approximate surface area is 87.2 Å². The summed E-state index contributed by atoms with van der Waals surface area (Å²) in [6.45, 7) is 3.61. The molecule has 0 saturated heterocycles. The molecule has 7 heteroatoms. The molecule has 0 radical (unpaired) electrons. The Balaban J connectivity index is 3.64. The Kier molecular flexibility index (Phi) is 7.64. The van der Waals surface area contributed by atoms with Gasteiger partial charge in [0.05, 0.1) is 19.9 Å². The highest BCUT2D eigenvalue weighted by Gasteiger charge is 2.06. The van der Waals surface area contributed by atoms with Gasteiger partial charge in [-0.15, -0.1) is 0 Å². The van der Waals surface area contributed by atoms with Crippen LogP contribution in [-0.4, -0.2) is 46.7 Å². The van der Waals surface area contributed by atoms with E-state index in [-0.39, 0.29) is 5.78 Å². The van der Waals surface area contributed by atoms with Gasteiger partial charge in [-0.2, -0.15) is 0 Å². The second kappa shape index (κ2) is 7.17. The maximum Gasteiger partial charge on any atom is 0.144 e. The first-order valence-corrected chi connectivity index (χ1v) is 5.41. The third kappa shape index (κ3) is 9.15. The molecular weight excluding hydrogens is 223 g/mol. The van der Waals surface area contributed by atoms with Crippen LogP contribution in [0.1, 0.15) is 6.92 Å². The van der Waals surface area contributed by atoms with Gasteiger partial charge in [-0.1, -0.05) is 28.2 Å². The number of ketones is 1. The van der Waals surface area contributed by atoms with Crippen LogP contribution < -0.4 is 0 Å². The van der Waals surface area contributed by atoms with Crippen molar-refractivity contribution >= 4 is 34.0 Å². The predicted molar refractivity (Wildman–Crippen MR) is 65.9 cm³/mol. The lowest BCUT2D eigenvalue weighted by molar-refractivity contribution is -0.117. The molecule has 3 unspecified atom stereocenters. The highest BCUT2D eigenvalue weighted by atomic mass is 31.0. The lowest BCUT2D eigenvalue weighted by atomic mass is 10.4. The molecule has 78 valence electrons. The molecule has 13 heavy (non-hydrogen) atoms. The van der Waals surface area contributed by atoms with Gasteiger partial charge >= 0.3 is 0 Å². The summed E-state index contributed by atoms with van der Waals surface area (Å²) in [5, 5.41) is 0. The Morgan fingerprint density at radius 1 is 1.15 bits per heavy atom. The van der Waals surface area contributed by atoms with Gasteiger partial charge in [0.2, 0.25) is 0 Å². The summed E-state index contributed by atoms with van der Waals surface area (Å²) >= 11 is 0. The zero-order valence-electron chi connectivity index (χ0n) is 8.10. The quantitative estimate of drug-likeness (QED) is 0.496. The van der Waals surface area contributed by atoms with Crippen LogP contribution in [0.15, 0.2) is 0 Å². The summed E-state index contributed by atoms with van der Waals surface area (Å²) in [6, 6.07) is 0. The Hall–Kier alpha value is 0.840. The number of hydrogen-bond donors (Lipinski definition) is 0. The molecule has 0 aliphatic heterocycles. The van der Waals surface area contributed by atoms with Crippen LogP contribution in [0.3, 0.4) is 0 Å². The van der Waals surface area contributed by atoms with Crippen LogP contribution in [0, 0.1) is 0 Å². The summed E-state index contributed by atoms with van der Waals surface area (Å²) in [6.07, 6.45) is 0. The van der Waals surface area contributed by atoms with Gasteiger partial charge in [-0.05, 0) is 14.0 Å². The van der Waals surface area contributed by atoms with Gasteiger partial charge in [0.25, 0.3) is 0 Å². The number of rotatable bonds is 6. The molecule has 0 aliphatic rings. The number of carbonyl (C=O) groups excluding carboxylic acids is 1. The summed E-state index contributed by atoms with van der Waals surface area (Å²) in [4.78, 5) is 10.8. The molecule has 0 aromatic heterocycles. The van der Waals surface area contributed by atoms with Gasteiger partial charge in [0.15, 0.2) is 0 Å². The molecular formula is C6H18N3OP3. The summed E-state index contributed by atoms with van der Waals surface area (Å²) < 4.78 is 5.91. The average molecular weight is 241 g/mol. The van der Waals surface area contributed by atoms with Crippen LogP contribution in [0.5, 0.6) is 0 Å². The summed E-state index contributed by atoms with van der Waals surface area (Å²) in [7, 11) is 9.72. The van der Waals surface area contributed by atoms with E-state index in [1.165, 1.54) is 0 Å². The van der Waals surface area contributed by atoms with Crippen LogP contribution in [-0.2, 0) is 4.79 Å². The topological polar surface area (TPSA) is 26.8 Å². The zero-order valence-corrected chi connectivity index (χ0v) is 11.6. The SMILES string of the molecule is CC(=O)CN(P)CN(P)CN(C)P. The van der Waals surface area contributed by atoms with Crippen molar-refractivity contribution in [1.29, 1.82) is 0 Å². The van der Waals surface area contributed by atoms with E-state index in [1.807, 2.05) is 21.1 Å². The highest BCUT2D eigenvalue weighted by Crippen LogP contribution is 2.07. The maximum absolute atomic E-state index is 10.8. The standard InChI is InChI=1S/C6H18N3OP3/c1-6(10)3-8(12)5-9(13)4-7(2)11/h3-5,11-13H2,1-2H3. The molecule has 0 aromatic rings. The Morgan fingerprint density at radius 2 is 1.69 bits per heavy atom. The van der Waals surface area contributed by atoms with Gasteiger partial charge in [0, 0.05) is 0 Å². The lowest BCUT2D eigenvalue weighted by Gasteiger charge is -2.25. The third-order valence-corrected chi connectivity index (χ3v) is 2.03. The second-order valence-corrected chi connectivity index (χ2v) is 5.42. The van der Waals surface area contributed by atoms with E-state index in [4.69, 9.17) is 0 Å². The van der Waals surface area contributed by atoms with E-state index in [9.17, 15) is 4.79 Å². The van der Waals surface area contributed by atoms with Crippen molar-refractivity contribution in [3.05, 3.63) is 0 Å². The minimum absolute atomic E-state index is 0.174. The molecule has 0 spiro atoms. The number of nitrogens with zero attached hydrogens (tertiary/aromatic N) is 3. The molecule has 0 aliphatic carbocycles. The summed E-state index contributed by atoms with van der Waals surface area (Å²) in [5.41, 5.74) is 0. The van der Waals surface area contributed by atoms with Gasteiger partial charge in [-0.25, -0.2) is 0 Å². The molecule has 4 nitrogen and oxygen atoms in total. The minimum Gasteiger partial charge on any atom is -0.299 e. The van der Waals surface area contributed by atoms with Crippen molar-refractivity contribution in [3.8, 4) is 0 Å². The van der Waals surface area contributed by atoms with E-state index >= 15 is 0 Å². The van der Waals surface area contributed by atoms with Crippen molar-refractivity contribution < 1.29 is 4.79 Å². The fraction of sp³-hybridized carbons (Fsp3) is 0.833. The van der Waals surface area contributed by atoms with E-state index in [0.717, 1.165) is 13.3 Å². The molecule has 0 aromatic carbocycles. The molecule has 0 bridgehead atoms. The summed E-state index contributed by atoms with van der Waals surface area (Å²) in [5.74, 6) is 0.174. The highest BCUT2D eigenvalue weighted by molar-refractivity contribution is 7.14. The molecule has 0 heterocycles. The first-order chi connectivity index (χ1) is 5.91. The molecule has 0 saturated carbocycles. The van der Waals surface area contributed by atoms with Crippen molar-refractivity contribution in [2.75, 3.05) is 26.9 Å². The molecule has 0 fully saturated rings. The molecule has 0 N–H and O–H groups in total. The van der Waals surface area contributed by atoms with Crippen molar-refractivity contribution in [2.45, 2.75) is 6.92 Å². The van der Waals surface area contributed by atoms with Gasteiger partial charge < -0.3 is 0 Å². The Morgan fingerprint density at radius 3 is 2.08 bits per heavy atom. The minimum atomic E-state index is 0.174. The van der Waals surface area contributed by atoms with Crippen molar-refractivity contribution in [1.82, 2.24) is 14.0 Å². The van der Waals surface area contributed by atoms with E-state index in [0.29, 0.717) is 6.54 Å². The Bertz CT molecular complexity index is 167. The second-order valence-electron chi connectivity index (χ2n) is 3.08. The van der Waals surface area contributed by atoms with E-state index in [2.05, 4.69) is 28.2 Å². The molecule has 0 rings (SSSR count). The first-order valence-electron chi connectivity index (χ1n) is 3.86. The number of hydrogen-bond acceptors (Lipinski definition) is 4. The average Bonchev–Trinajstić information content (AvgIpc) is 1.80. The molecule has 3 atom stereocenters. The lowest BCUT2D eigenvalue weighted by Crippen LogP contribution is -2.32. The van der Waals surface area contributed by atoms with Crippen LogP contribution in [0.2, 0.25) is 0 Å². The van der Waals surface area contributed by atoms with E-state index in [1.54, 1.807) is 6.92 Å². The molecule has 0 amide bonds. The van der Waals surface area contributed by atoms with Gasteiger partial charge in [-0.3, -0.25) is 18.8 Å².